The van der Waals surface area contributed by atoms with Crippen molar-refractivity contribution in [3.63, 3.8) is 0 Å². The van der Waals surface area contributed by atoms with Crippen LogP contribution < -0.4 is 4.57 Å². The highest BCUT2D eigenvalue weighted by Gasteiger charge is 2.11. The number of pyridine rings is 1. The molecule has 0 saturated heterocycles. The molecule has 0 atom stereocenters. The highest BCUT2D eigenvalue weighted by molar-refractivity contribution is 6.29. The van der Waals surface area contributed by atoms with Gasteiger partial charge >= 0.3 is 0 Å². The number of aromatic nitrogens is 2. The van der Waals surface area contributed by atoms with E-state index in [0.29, 0.717) is 0 Å². The van der Waals surface area contributed by atoms with Crippen molar-refractivity contribution in [1.82, 2.24) is 4.40 Å². The molecule has 0 radical (unpaired) electrons. The number of hydrogen-bond acceptors (Lipinski definition) is 0. The molecular weight excluding hydrogens is 232 g/mol. The zero-order valence-electron chi connectivity index (χ0n) is 9.25. The lowest BCUT2D eigenvalue weighted by atomic mass is 10.2. The fourth-order valence-corrected chi connectivity index (χ4v) is 2.22. The molecule has 0 spiro atoms. The number of halogens is 1. The van der Waals surface area contributed by atoms with Gasteiger partial charge in [-0.05, 0) is 29.3 Å². The molecule has 2 heterocycles. The molecule has 0 aliphatic carbocycles. The van der Waals surface area contributed by atoms with Crippen LogP contribution in [0.4, 0.5) is 0 Å². The van der Waals surface area contributed by atoms with Crippen LogP contribution in [0.2, 0.25) is 5.15 Å². The largest absolute Gasteiger partial charge is 0.287 e. The number of benzene rings is 1. The summed E-state index contributed by atoms with van der Waals surface area (Å²) < 4.78 is 4.16. The average Bonchev–Trinajstić information content (AvgIpc) is 2.76. The van der Waals surface area contributed by atoms with E-state index in [1.165, 1.54) is 5.56 Å². The third-order valence-corrected chi connectivity index (χ3v) is 3.15. The first-order chi connectivity index (χ1) is 8.34. The molecule has 0 saturated carbocycles. The van der Waals surface area contributed by atoms with Gasteiger partial charge in [0.2, 0.25) is 0 Å². The summed E-state index contributed by atoms with van der Waals surface area (Å²) in [5, 5.41) is 0.731. The molecule has 2 nitrogen and oxygen atoms in total. The predicted molar refractivity (Wildman–Crippen MR) is 68.1 cm³/mol. The lowest BCUT2D eigenvalue weighted by Crippen LogP contribution is -2.32. The summed E-state index contributed by atoms with van der Waals surface area (Å²) in [4.78, 5) is 0. The standard InChI is InChI=1S/C14H12ClN2/c15-13-7-4-8-14-16(9-10-17(13)14)11-12-5-2-1-3-6-12/h1-10H,11H2/q+1. The molecule has 3 aromatic rings. The van der Waals surface area contributed by atoms with Gasteiger partial charge in [-0.25, -0.2) is 4.57 Å². The third kappa shape index (κ3) is 1.92. The molecule has 0 fully saturated rings. The molecular formula is C14H12ClN2+. The number of imidazole rings is 1. The van der Waals surface area contributed by atoms with Crippen molar-refractivity contribution < 1.29 is 4.57 Å². The first-order valence-electron chi connectivity index (χ1n) is 5.53. The minimum absolute atomic E-state index is 0.731. The molecule has 0 bridgehead atoms. The van der Waals surface area contributed by atoms with Crippen molar-refractivity contribution in [2.24, 2.45) is 0 Å². The van der Waals surface area contributed by atoms with Gasteiger partial charge in [0.15, 0.2) is 5.15 Å². The smallest absolute Gasteiger partial charge is 0.226 e. The fourth-order valence-electron chi connectivity index (χ4n) is 2.00. The van der Waals surface area contributed by atoms with Gasteiger partial charge in [-0.3, -0.25) is 0 Å². The molecule has 0 aliphatic heterocycles. The number of fused-ring (bicyclic) bond motifs is 1. The second kappa shape index (κ2) is 4.22. The van der Waals surface area contributed by atoms with E-state index < -0.39 is 0 Å². The molecule has 1 aromatic carbocycles. The van der Waals surface area contributed by atoms with Crippen LogP contribution in [-0.2, 0) is 6.54 Å². The van der Waals surface area contributed by atoms with Crippen molar-refractivity contribution in [1.29, 1.82) is 0 Å². The van der Waals surface area contributed by atoms with E-state index in [1.807, 2.05) is 35.0 Å². The molecule has 2 aromatic heterocycles. The van der Waals surface area contributed by atoms with Gasteiger partial charge in [0.05, 0.1) is 0 Å². The normalized spacial score (nSPS) is 10.9. The van der Waals surface area contributed by atoms with E-state index in [-0.39, 0.29) is 0 Å². The van der Waals surface area contributed by atoms with E-state index >= 15 is 0 Å². The van der Waals surface area contributed by atoms with Crippen LogP contribution in [-0.4, -0.2) is 4.40 Å². The van der Waals surface area contributed by atoms with E-state index in [9.17, 15) is 0 Å². The van der Waals surface area contributed by atoms with E-state index in [4.69, 9.17) is 11.6 Å². The second-order valence-electron chi connectivity index (χ2n) is 3.99. The van der Waals surface area contributed by atoms with Crippen LogP contribution in [0.15, 0.2) is 60.9 Å². The Morgan fingerprint density at radius 2 is 1.82 bits per heavy atom. The van der Waals surface area contributed by atoms with Crippen molar-refractivity contribution in [3.05, 3.63) is 71.6 Å². The van der Waals surface area contributed by atoms with E-state index in [2.05, 4.69) is 34.9 Å². The molecule has 17 heavy (non-hydrogen) atoms. The molecule has 84 valence electrons. The maximum Gasteiger partial charge on any atom is 0.287 e. The van der Waals surface area contributed by atoms with Crippen molar-refractivity contribution in [2.75, 3.05) is 0 Å². The first-order valence-corrected chi connectivity index (χ1v) is 5.91. The Morgan fingerprint density at radius 1 is 1.00 bits per heavy atom. The van der Waals surface area contributed by atoms with Crippen LogP contribution in [0.3, 0.4) is 0 Å². The molecule has 0 amide bonds. The van der Waals surface area contributed by atoms with Crippen LogP contribution in [0.25, 0.3) is 5.65 Å². The minimum atomic E-state index is 0.731. The third-order valence-electron chi connectivity index (χ3n) is 2.84. The average molecular weight is 244 g/mol. The number of hydrogen-bond donors (Lipinski definition) is 0. The van der Waals surface area contributed by atoms with Crippen LogP contribution in [0.1, 0.15) is 5.56 Å². The number of nitrogens with zero attached hydrogens (tertiary/aromatic N) is 2. The maximum atomic E-state index is 6.12. The van der Waals surface area contributed by atoms with Gasteiger partial charge in [-0.15, -0.1) is 0 Å². The van der Waals surface area contributed by atoms with E-state index in [0.717, 1.165) is 17.3 Å². The summed E-state index contributed by atoms with van der Waals surface area (Å²) in [6, 6.07) is 16.3. The summed E-state index contributed by atoms with van der Waals surface area (Å²) in [5.74, 6) is 0. The first kappa shape index (κ1) is 10.4. The Labute approximate surface area is 105 Å². The molecule has 0 aliphatic rings. The SMILES string of the molecule is Clc1cccc2n1cc[n+]2Cc1ccccc1. The van der Waals surface area contributed by atoms with Crippen LogP contribution >= 0.6 is 11.6 Å². The van der Waals surface area contributed by atoms with Crippen molar-refractivity contribution in [2.45, 2.75) is 6.54 Å². The van der Waals surface area contributed by atoms with Crippen LogP contribution in [0.5, 0.6) is 0 Å². The topological polar surface area (TPSA) is 8.29 Å². The molecule has 0 unspecified atom stereocenters. The summed E-state index contributed by atoms with van der Waals surface area (Å²) in [5.41, 5.74) is 2.38. The minimum Gasteiger partial charge on any atom is -0.226 e. The zero-order chi connectivity index (χ0) is 11.7. The predicted octanol–water partition coefficient (Wildman–Crippen LogP) is 2.93. The van der Waals surface area contributed by atoms with E-state index in [1.54, 1.807) is 0 Å². The zero-order valence-corrected chi connectivity index (χ0v) is 10.0. The lowest BCUT2D eigenvalue weighted by Gasteiger charge is -1.98. The van der Waals surface area contributed by atoms with Crippen molar-refractivity contribution >= 4 is 17.2 Å². The fraction of sp³-hybridized carbons (Fsp3) is 0.0714. The van der Waals surface area contributed by atoms with Gasteiger partial charge in [-0.1, -0.05) is 30.3 Å². The summed E-state index contributed by atoms with van der Waals surface area (Å²) >= 11 is 6.12. The molecule has 0 N–H and O–H groups in total. The second-order valence-corrected chi connectivity index (χ2v) is 4.38. The summed E-state index contributed by atoms with van der Waals surface area (Å²) in [6.07, 6.45) is 4.04. The summed E-state index contributed by atoms with van der Waals surface area (Å²) in [6.45, 7) is 0.859. The van der Waals surface area contributed by atoms with Gasteiger partial charge < -0.3 is 0 Å². The molecule has 3 heteroatoms. The van der Waals surface area contributed by atoms with Crippen LogP contribution in [0, 0.1) is 0 Å². The summed E-state index contributed by atoms with van der Waals surface area (Å²) in [7, 11) is 0. The Balaban J connectivity index is 2.05. The Morgan fingerprint density at radius 3 is 2.65 bits per heavy atom. The Bertz CT molecular complexity index is 644. The molecule has 3 rings (SSSR count). The highest BCUT2D eigenvalue weighted by atomic mass is 35.5. The quantitative estimate of drug-likeness (QED) is 0.483. The lowest BCUT2D eigenvalue weighted by molar-refractivity contribution is -0.661. The number of rotatable bonds is 2. The van der Waals surface area contributed by atoms with Gasteiger partial charge in [-0.2, -0.15) is 4.40 Å². The van der Waals surface area contributed by atoms with Gasteiger partial charge in [0, 0.05) is 6.07 Å². The van der Waals surface area contributed by atoms with Crippen molar-refractivity contribution in [3.8, 4) is 0 Å². The Hall–Kier alpha value is -1.80. The van der Waals surface area contributed by atoms with Gasteiger partial charge in [0.1, 0.15) is 18.9 Å². The monoisotopic (exact) mass is 243 g/mol. The highest BCUT2D eigenvalue weighted by Crippen LogP contribution is 2.10. The maximum absolute atomic E-state index is 6.12. The Kier molecular flexibility index (Phi) is 2.57. The van der Waals surface area contributed by atoms with Gasteiger partial charge in [0.25, 0.3) is 5.65 Å².